The van der Waals surface area contributed by atoms with Crippen LogP contribution in [-0.4, -0.2) is 214 Å². The molecule has 27 nitrogen and oxygen atoms in total. The van der Waals surface area contributed by atoms with E-state index in [-0.39, 0.29) is 15.8 Å². The van der Waals surface area contributed by atoms with E-state index in [9.17, 15) is 78.9 Å². The van der Waals surface area contributed by atoms with Crippen LogP contribution in [0.15, 0.2) is 11.3 Å². The molecule has 30 heteroatoms. The first-order chi connectivity index (χ1) is 34.3. The predicted octanol–water partition coefficient (Wildman–Crippen LogP) is -1.27. The van der Waals surface area contributed by atoms with Gasteiger partial charge in [-0.05, 0) is 20.3 Å². The number of ether oxygens (including phenoxy) is 7. The van der Waals surface area contributed by atoms with Crippen LogP contribution in [-0.2, 0) is 76.3 Å². The van der Waals surface area contributed by atoms with Gasteiger partial charge >= 0.3 is 35.8 Å². The van der Waals surface area contributed by atoms with Gasteiger partial charge in [0.2, 0.25) is 11.8 Å². The third kappa shape index (κ3) is 15.5. The van der Waals surface area contributed by atoms with E-state index in [2.05, 4.69) is 16.0 Å². The van der Waals surface area contributed by atoms with Gasteiger partial charge in [0.25, 0.3) is 0 Å². The number of carboxylic acids is 3. The molecule has 0 aromatic carbocycles. The third-order valence-electron chi connectivity index (χ3n) is 12.4. The lowest BCUT2D eigenvalue weighted by molar-refractivity contribution is -0.345. The Hall–Kier alpha value is -5.05. The van der Waals surface area contributed by atoms with E-state index in [1.165, 1.54) is 27.9 Å². The zero-order valence-electron chi connectivity index (χ0n) is 41.7. The number of esters is 3. The number of nitrogens with one attached hydrogen (secondary N) is 4. The first-order valence-corrected chi connectivity index (χ1v) is 25.3. The normalized spacial score (nSPS) is 29.5. The average molecular weight is 1110 g/mol. The van der Waals surface area contributed by atoms with Crippen molar-refractivity contribution >= 4 is 99.2 Å². The number of carbonyl (C=O) groups is 9. The van der Waals surface area contributed by atoms with Crippen molar-refractivity contribution in [3.05, 3.63) is 11.3 Å². The van der Waals surface area contributed by atoms with E-state index >= 15 is 0 Å². The molecule has 74 heavy (non-hydrogen) atoms. The molecule has 16 atom stereocenters. The SMILES string of the molecule is CCC(C)C(=O)OC(C)[C@@]1(O)[C@H](C)O[C@@H](O[C@H]2[C@@H](O)[C@H](C3(O)CC(=O)C(=N)C(C(=O)O)=C3O)O[C@H](COC(C)=O)[C@H]2OC(=O)C(NC(=S)SCC(NC(C)=O)C(=O)O)C(C)SCC(NC(C)=O)C(=O)O)C[C@@H]1OC. The lowest BCUT2D eigenvalue weighted by atomic mass is 9.74. The summed E-state index contributed by atoms with van der Waals surface area (Å²) in [5.41, 5.74) is -7.85. The van der Waals surface area contributed by atoms with Crippen molar-refractivity contribution in [3.63, 3.8) is 0 Å². The largest absolute Gasteiger partial charge is 0.508 e. The van der Waals surface area contributed by atoms with Gasteiger partial charge in [-0.1, -0.05) is 44.8 Å². The molecule has 0 aromatic heterocycles. The second kappa shape index (κ2) is 27.1. The summed E-state index contributed by atoms with van der Waals surface area (Å²) < 4.78 is 40.8. The first-order valence-electron chi connectivity index (χ1n) is 22.9. The molecule has 2 heterocycles. The molecule has 11 N–H and O–H groups in total. The number of thiocarbonyl (C=S) groups is 1. The number of hydrogen-bond acceptors (Lipinski definition) is 24. The molecule has 2 saturated heterocycles. The minimum Gasteiger partial charge on any atom is -0.508 e. The number of Topliss-reactive ketones (excluding diaryl/α,β-unsaturated/α-hetero) is 1. The average Bonchev–Trinajstić information content (AvgIpc) is 3.30. The zero-order valence-corrected chi connectivity index (χ0v) is 44.2. The minimum absolute atomic E-state index is 0.269. The number of methoxy groups -OCH3 is 1. The molecule has 0 aromatic rings. The summed E-state index contributed by atoms with van der Waals surface area (Å²) in [6.45, 7) is 9.72. The van der Waals surface area contributed by atoms with E-state index in [0.29, 0.717) is 18.2 Å². The molecule has 3 rings (SSSR count). The summed E-state index contributed by atoms with van der Waals surface area (Å²) in [5.74, 6) is -13.4. The number of thioether (sulfide) groups is 2. The molecule has 0 saturated carbocycles. The summed E-state index contributed by atoms with van der Waals surface area (Å²) in [7, 11) is 1.21. The Morgan fingerprint density at radius 2 is 1.49 bits per heavy atom. The fourth-order valence-electron chi connectivity index (χ4n) is 8.09. The Labute approximate surface area is 437 Å². The second-order valence-electron chi connectivity index (χ2n) is 17.7. The molecule has 0 bridgehead atoms. The van der Waals surface area contributed by atoms with E-state index in [1.54, 1.807) is 13.8 Å². The maximum Gasteiger partial charge on any atom is 0.341 e. The van der Waals surface area contributed by atoms with Crippen molar-refractivity contribution in [3.8, 4) is 0 Å². The van der Waals surface area contributed by atoms with Crippen LogP contribution in [0.5, 0.6) is 0 Å². The molecule has 7 unspecified atom stereocenters. The molecular weight excluding hydrogens is 1050 g/mol. The lowest BCUT2D eigenvalue weighted by Gasteiger charge is -2.52. The Bertz CT molecular complexity index is 2200. The smallest absolute Gasteiger partial charge is 0.341 e. The molecular formula is C44H64N4O23S3. The van der Waals surface area contributed by atoms with Crippen molar-refractivity contribution in [1.29, 1.82) is 5.41 Å². The fourth-order valence-corrected chi connectivity index (χ4v) is 10.3. The van der Waals surface area contributed by atoms with Gasteiger partial charge in [-0.3, -0.25) is 29.4 Å². The Morgan fingerprint density at radius 1 is 0.905 bits per heavy atom. The molecule has 2 fully saturated rings. The molecule has 0 radical (unpaired) electrons. The highest BCUT2D eigenvalue weighted by molar-refractivity contribution is 8.23. The van der Waals surface area contributed by atoms with Crippen molar-refractivity contribution in [2.45, 2.75) is 164 Å². The van der Waals surface area contributed by atoms with Gasteiger partial charge in [-0.25, -0.2) is 19.2 Å². The highest BCUT2D eigenvalue weighted by Crippen LogP contribution is 2.43. The molecule has 416 valence electrons. The number of ketones is 1. The summed E-state index contributed by atoms with van der Waals surface area (Å²) in [6, 6.07) is -4.65. The van der Waals surface area contributed by atoms with Crippen molar-refractivity contribution < 1.29 is 112 Å². The molecule has 2 amide bonds. The fraction of sp³-hybridized carbons (Fsp3) is 0.705. The highest BCUT2D eigenvalue weighted by atomic mass is 32.2. The van der Waals surface area contributed by atoms with E-state index in [0.717, 1.165) is 32.5 Å². The molecule has 3 aliphatic rings. The molecule has 1 aliphatic carbocycles. The predicted molar refractivity (Wildman–Crippen MR) is 260 cm³/mol. The van der Waals surface area contributed by atoms with E-state index < -0.39 is 186 Å². The quantitative estimate of drug-likeness (QED) is 0.0305. The first kappa shape index (κ1) is 63.2. The lowest BCUT2D eigenvalue weighted by Crippen LogP contribution is -2.70. The third-order valence-corrected chi connectivity index (χ3v) is 15.1. The number of aliphatic carboxylic acids is 3. The number of hydrogen-bond donors (Lipinski definition) is 11. The number of carbonyl (C=O) groups excluding carboxylic acids is 6. The summed E-state index contributed by atoms with van der Waals surface area (Å²) in [4.78, 5) is 113. The Balaban J connectivity index is 2.23. The van der Waals surface area contributed by atoms with Gasteiger partial charge in [0.05, 0.1) is 24.5 Å². The Morgan fingerprint density at radius 3 is 2.00 bits per heavy atom. The van der Waals surface area contributed by atoms with Crippen LogP contribution in [0.3, 0.4) is 0 Å². The number of rotatable bonds is 24. The van der Waals surface area contributed by atoms with E-state index in [4.69, 9.17) is 50.8 Å². The number of aliphatic hydroxyl groups excluding tert-OH is 2. The molecule has 2 aliphatic heterocycles. The van der Waals surface area contributed by atoms with Gasteiger partial charge in [0, 0.05) is 51.1 Å². The monoisotopic (exact) mass is 1110 g/mol. The molecule has 0 spiro atoms. The van der Waals surface area contributed by atoms with Gasteiger partial charge in [-0.2, -0.15) is 11.8 Å². The zero-order chi connectivity index (χ0) is 56.3. The second-order valence-corrected chi connectivity index (χ2v) is 20.8. The van der Waals surface area contributed by atoms with Crippen LogP contribution in [0, 0.1) is 11.3 Å². The standard InChI is InChI=1S/C44H64N4O23S3/c1-10-16(2)40(61)68-19(5)44(64)18(4)67-28(11-27(44)65-9)70-34-32(53)36(43(63)12-25(52)30(45)29(35(43)54)39(59)60)69-26(13-66-22(8)51)33(34)71-41(62)31(17(3)73-14-23(37(55)56)46-20(6)49)48-42(72)74-15-24(38(57)58)47-21(7)50/h16-19,23-24,26-28,31-34,36,45,53-54,63-64H,10-15H2,1-9H3,(H,46,49)(H,47,50)(H,48,72)(H,55,56)(H,57,58)(H,59,60)/t16?,17?,18-,19?,23?,24?,26+,27-,28-,31?,32+,33+,34-,36+,43?,44-/m0/s1. The van der Waals surface area contributed by atoms with Gasteiger partial charge in [0.1, 0.15) is 76.6 Å². The van der Waals surface area contributed by atoms with Crippen LogP contribution in [0.4, 0.5) is 0 Å². The van der Waals surface area contributed by atoms with Crippen LogP contribution < -0.4 is 16.0 Å². The van der Waals surface area contributed by atoms with Crippen molar-refractivity contribution in [2.75, 3.05) is 25.2 Å². The van der Waals surface area contributed by atoms with E-state index in [1.807, 2.05) is 0 Å². The van der Waals surface area contributed by atoms with Crippen LogP contribution in [0.25, 0.3) is 0 Å². The summed E-state index contributed by atoms with van der Waals surface area (Å²) >= 11 is 6.91. The summed E-state index contributed by atoms with van der Waals surface area (Å²) in [6.07, 6.45) is -17.7. The Kier molecular flexibility index (Phi) is 23.2. The topological polar surface area (TPSA) is 420 Å². The van der Waals surface area contributed by atoms with Gasteiger partial charge < -0.3 is 84.9 Å². The maximum atomic E-state index is 14.8. The minimum atomic E-state index is -3.19. The number of carboxylic acid groups (broad SMARTS) is 3. The van der Waals surface area contributed by atoms with Crippen molar-refractivity contribution in [1.82, 2.24) is 16.0 Å². The highest BCUT2D eigenvalue weighted by Gasteiger charge is 2.62. The van der Waals surface area contributed by atoms with Gasteiger partial charge in [-0.15, -0.1) is 0 Å². The number of aliphatic hydroxyl groups is 4. The summed E-state index contributed by atoms with van der Waals surface area (Å²) in [5, 5.41) is 91.3. The van der Waals surface area contributed by atoms with Crippen molar-refractivity contribution in [2.24, 2.45) is 5.92 Å². The van der Waals surface area contributed by atoms with Crippen LogP contribution >= 0.6 is 35.7 Å². The maximum absolute atomic E-state index is 14.8. The van der Waals surface area contributed by atoms with Crippen LogP contribution in [0.1, 0.15) is 74.7 Å². The van der Waals surface area contributed by atoms with Gasteiger partial charge in [0.15, 0.2) is 29.4 Å². The van der Waals surface area contributed by atoms with Crippen LogP contribution in [0.2, 0.25) is 0 Å². The number of amides is 2.